The second kappa shape index (κ2) is 4.90. The maximum atomic E-state index is 10.8. The zero-order valence-corrected chi connectivity index (χ0v) is 9.00. The fourth-order valence-electron chi connectivity index (χ4n) is 1.24. The first kappa shape index (κ1) is 14.5. The summed E-state index contributed by atoms with van der Waals surface area (Å²) in [6.07, 6.45) is 1.95. The molecule has 0 bridgehead atoms. The molecular formula is C7H16Cl2N2O. The van der Waals surface area contributed by atoms with Gasteiger partial charge in [-0.2, -0.15) is 0 Å². The standard InChI is InChI=1S/C7H14N2O.2ClH/c1-9(2)5-7(3-4-7)6(8)10;;/h3-5H2,1-2H3,(H2,8,10);2*1H. The second-order valence-corrected chi connectivity index (χ2v) is 3.38. The molecule has 0 saturated heterocycles. The van der Waals surface area contributed by atoms with E-state index < -0.39 is 0 Å². The van der Waals surface area contributed by atoms with Gasteiger partial charge in [0, 0.05) is 6.54 Å². The van der Waals surface area contributed by atoms with E-state index in [1.165, 1.54) is 0 Å². The van der Waals surface area contributed by atoms with E-state index in [4.69, 9.17) is 5.73 Å². The third-order valence-electron chi connectivity index (χ3n) is 2.00. The molecule has 1 fully saturated rings. The maximum Gasteiger partial charge on any atom is 0.224 e. The molecule has 1 amide bonds. The van der Waals surface area contributed by atoms with Gasteiger partial charge >= 0.3 is 0 Å². The van der Waals surface area contributed by atoms with E-state index in [-0.39, 0.29) is 36.1 Å². The lowest BCUT2D eigenvalue weighted by atomic mass is 10.1. The molecule has 0 radical (unpaired) electrons. The first-order valence-electron chi connectivity index (χ1n) is 3.51. The minimum absolute atomic E-state index is 0. The largest absolute Gasteiger partial charge is 0.369 e. The third kappa shape index (κ3) is 3.17. The van der Waals surface area contributed by atoms with Gasteiger partial charge in [0.15, 0.2) is 0 Å². The van der Waals surface area contributed by atoms with Gasteiger partial charge in [-0.05, 0) is 26.9 Å². The second-order valence-electron chi connectivity index (χ2n) is 3.38. The van der Waals surface area contributed by atoms with Gasteiger partial charge < -0.3 is 10.6 Å². The van der Waals surface area contributed by atoms with Gasteiger partial charge in [0.2, 0.25) is 5.91 Å². The lowest BCUT2D eigenvalue weighted by Crippen LogP contribution is -2.34. The van der Waals surface area contributed by atoms with Crippen molar-refractivity contribution in [2.24, 2.45) is 11.1 Å². The van der Waals surface area contributed by atoms with E-state index >= 15 is 0 Å². The van der Waals surface area contributed by atoms with E-state index in [0.29, 0.717) is 0 Å². The smallest absolute Gasteiger partial charge is 0.224 e. The average Bonchev–Trinajstić information content (AvgIpc) is 2.46. The summed E-state index contributed by atoms with van der Waals surface area (Å²) in [5.41, 5.74) is 5.05. The number of carbonyl (C=O) groups excluding carboxylic acids is 1. The number of amides is 1. The number of halogens is 2. The van der Waals surface area contributed by atoms with Crippen LogP contribution in [0.15, 0.2) is 0 Å². The van der Waals surface area contributed by atoms with Gasteiger partial charge in [-0.25, -0.2) is 0 Å². The summed E-state index contributed by atoms with van der Waals surface area (Å²) in [7, 11) is 3.92. The summed E-state index contributed by atoms with van der Waals surface area (Å²) in [6.45, 7) is 0.808. The molecule has 2 N–H and O–H groups in total. The Morgan fingerprint density at radius 1 is 1.42 bits per heavy atom. The number of rotatable bonds is 3. The van der Waals surface area contributed by atoms with Crippen LogP contribution in [0.2, 0.25) is 0 Å². The Labute approximate surface area is 85.5 Å². The highest BCUT2D eigenvalue weighted by Crippen LogP contribution is 2.45. The van der Waals surface area contributed by atoms with Crippen LogP contribution >= 0.6 is 24.8 Å². The first-order chi connectivity index (χ1) is 4.57. The summed E-state index contributed by atoms with van der Waals surface area (Å²) in [5.74, 6) is -0.138. The third-order valence-corrected chi connectivity index (χ3v) is 2.00. The van der Waals surface area contributed by atoms with E-state index in [1.807, 2.05) is 19.0 Å². The van der Waals surface area contributed by atoms with Crippen LogP contribution < -0.4 is 5.73 Å². The molecule has 0 atom stereocenters. The molecule has 1 rings (SSSR count). The molecular weight excluding hydrogens is 199 g/mol. The van der Waals surface area contributed by atoms with Crippen molar-refractivity contribution in [3.63, 3.8) is 0 Å². The van der Waals surface area contributed by atoms with Crippen molar-refractivity contribution in [2.45, 2.75) is 12.8 Å². The molecule has 3 nitrogen and oxygen atoms in total. The van der Waals surface area contributed by atoms with Gasteiger partial charge in [0.1, 0.15) is 0 Å². The molecule has 12 heavy (non-hydrogen) atoms. The minimum Gasteiger partial charge on any atom is -0.369 e. The number of hydrogen-bond acceptors (Lipinski definition) is 2. The Bertz CT molecular complexity index is 157. The maximum absolute atomic E-state index is 10.8. The lowest BCUT2D eigenvalue weighted by molar-refractivity contribution is -0.123. The Morgan fingerprint density at radius 2 is 1.83 bits per heavy atom. The molecule has 0 aromatic rings. The summed E-state index contributed by atoms with van der Waals surface area (Å²) in [5, 5.41) is 0. The molecule has 1 saturated carbocycles. The highest BCUT2D eigenvalue weighted by molar-refractivity contribution is 5.85. The van der Waals surface area contributed by atoms with Crippen molar-refractivity contribution in [3.05, 3.63) is 0 Å². The number of nitrogens with two attached hydrogens (primary N) is 1. The first-order valence-corrected chi connectivity index (χ1v) is 3.51. The van der Waals surface area contributed by atoms with Crippen LogP contribution in [-0.2, 0) is 4.79 Å². The van der Waals surface area contributed by atoms with E-state index in [9.17, 15) is 4.79 Å². The zero-order chi connectivity index (χ0) is 7.78. The van der Waals surface area contributed by atoms with Crippen molar-refractivity contribution in [1.29, 1.82) is 0 Å². The number of primary amides is 1. The SMILES string of the molecule is CN(C)CC1(C(N)=O)CC1.Cl.Cl. The summed E-state index contributed by atoms with van der Waals surface area (Å²) in [6, 6.07) is 0. The molecule has 0 aromatic carbocycles. The van der Waals surface area contributed by atoms with Crippen LogP contribution in [0.3, 0.4) is 0 Å². The highest BCUT2D eigenvalue weighted by Gasteiger charge is 2.48. The number of nitrogens with zero attached hydrogens (tertiary/aromatic N) is 1. The Kier molecular flexibility index (Phi) is 5.93. The topological polar surface area (TPSA) is 46.3 Å². The van der Waals surface area contributed by atoms with E-state index in [2.05, 4.69) is 0 Å². The van der Waals surface area contributed by atoms with Gasteiger partial charge in [-0.1, -0.05) is 0 Å². The van der Waals surface area contributed by atoms with Crippen LogP contribution in [0.1, 0.15) is 12.8 Å². The molecule has 0 aliphatic heterocycles. The molecule has 1 aliphatic carbocycles. The minimum atomic E-state index is -0.163. The van der Waals surface area contributed by atoms with Crippen LogP contribution in [0, 0.1) is 5.41 Å². The van der Waals surface area contributed by atoms with E-state index in [1.54, 1.807) is 0 Å². The molecule has 0 aromatic heterocycles. The molecule has 74 valence electrons. The van der Waals surface area contributed by atoms with Crippen molar-refractivity contribution in [1.82, 2.24) is 4.90 Å². The fourth-order valence-corrected chi connectivity index (χ4v) is 1.24. The fraction of sp³-hybridized carbons (Fsp3) is 0.857. The van der Waals surface area contributed by atoms with Crippen molar-refractivity contribution in [2.75, 3.05) is 20.6 Å². The van der Waals surface area contributed by atoms with Crippen LogP contribution in [-0.4, -0.2) is 31.4 Å². The summed E-state index contributed by atoms with van der Waals surface area (Å²) >= 11 is 0. The monoisotopic (exact) mass is 214 g/mol. The predicted molar refractivity (Wildman–Crippen MR) is 53.9 cm³/mol. The predicted octanol–water partition coefficient (Wildman–Crippen LogP) is 0.657. The summed E-state index contributed by atoms with van der Waals surface area (Å²) < 4.78 is 0. The molecule has 5 heteroatoms. The molecule has 1 aliphatic rings. The lowest BCUT2D eigenvalue weighted by Gasteiger charge is -2.15. The molecule has 0 unspecified atom stereocenters. The Hall–Kier alpha value is 0.01000. The van der Waals surface area contributed by atoms with Gasteiger partial charge in [0.05, 0.1) is 5.41 Å². The van der Waals surface area contributed by atoms with Gasteiger partial charge in [-0.15, -0.1) is 24.8 Å². The quantitative estimate of drug-likeness (QED) is 0.751. The van der Waals surface area contributed by atoms with E-state index in [0.717, 1.165) is 19.4 Å². The van der Waals surface area contributed by atoms with Crippen LogP contribution in [0.25, 0.3) is 0 Å². The zero-order valence-electron chi connectivity index (χ0n) is 7.37. The summed E-state index contributed by atoms with van der Waals surface area (Å²) in [4.78, 5) is 12.8. The van der Waals surface area contributed by atoms with Gasteiger partial charge in [0.25, 0.3) is 0 Å². The van der Waals surface area contributed by atoms with Crippen LogP contribution in [0.5, 0.6) is 0 Å². The normalized spacial score (nSPS) is 17.6. The van der Waals surface area contributed by atoms with Crippen LogP contribution in [0.4, 0.5) is 0 Å². The molecule has 0 spiro atoms. The molecule has 0 heterocycles. The van der Waals surface area contributed by atoms with Gasteiger partial charge in [-0.3, -0.25) is 4.79 Å². The van der Waals surface area contributed by atoms with Crippen molar-refractivity contribution >= 4 is 30.7 Å². The average molecular weight is 215 g/mol. The number of carbonyl (C=O) groups is 1. The highest BCUT2D eigenvalue weighted by atomic mass is 35.5. The Morgan fingerprint density at radius 3 is 1.92 bits per heavy atom. The number of hydrogen-bond donors (Lipinski definition) is 1. The van der Waals surface area contributed by atoms with Crippen molar-refractivity contribution in [3.8, 4) is 0 Å². The Balaban J connectivity index is 0. The van der Waals surface area contributed by atoms with Crippen molar-refractivity contribution < 1.29 is 4.79 Å².